The number of nitrogens with one attached hydrogen (secondary N) is 1. The summed E-state index contributed by atoms with van der Waals surface area (Å²) >= 11 is 3.47. The topological polar surface area (TPSA) is 55.3 Å². The van der Waals surface area contributed by atoms with Gasteiger partial charge in [-0.2, -0.15) is 0 Å². The maximum atomic E-state index is 5.69. The molecule has 0 aliphatic carbocycles. The average molecular weight is 318 g/mol. The molecule has 3 N–H and O–H groups in total. The summed E-state index contributed by atoms with van der Waals surface area (Å²) < 4.78 is 2.06. The van der Waals surface area contributed by atoms with Gasteiger partial charge < -0.3 is 0 Å². The highest BCUT2D eigenvalue weighted by Gasteiger charge is 2.11. The van der Waals surface area contributed by atoms with Crippen molar-refractivity contribution in [1.29, 1.82) is 0 Å². The maximum absolute atomic E-state index is 5.69. The highest BCUT2D eigenvalue weighted by Crippen LogP contribution is 2.21. The molecule has 0 saturated heterocycles. The molecule has 2 heterocycles. The summed E-state index contributed by atoms with van der Waals surface area (Å²) in [5.41, 5.74) is 5.27. The van der Waals surface area contributed by atoms with Gasteiger partial charge in [0.2, 0.25) is 0 Å². The first-order chi connectivity index (χ1) is 10.2. The molecule has 0 amide bonds. The van der Waals surface area contributed by atoms with E-state index in [-0.39, 0.29) is 6.04 Å². The van der Waals surface area contributed by atoms with E-state index in [1.165, 1.54) is 10.5 Å². The quantitative estimate of drug-likeness (QED) is 0.417. The summed E-state index contributed by atoms with van der Waals surface area (Å²) in [5, 5.41) is 2.04. The first-order valence-electron chi connectivity index (χ1n) is 6.81. The van der Waals surface area contributed by atoms with Crippen LogP contribution in [0.2, 0.25) is 0 Å². The highest BCUT2D eigenvalue weighted by atomic mass is 32.2. The van der Waals surface area contributed by atoms with Crippen molar-refractivity contribution in [2.24, 2.45) is 5.84 Å². The molecule has 0 saturated carbocycles. The largest absolute Gasteiger partial charge is 0.297 e. The minimum atomic E-state index is 0.208. The second-order valence-electron chi connectivity index (χ2n) is 5.02. The third-order valence-corrected chi connectivity index (χ3v) is 5.20. The van der Waals surface area contributed by atoms with Crippen LogP contribution in [0.1, 0.15) is 11.3 Å². The molecule has 3 aromatic rings. The Morgan fingerprint density at radius 1 is 1.48 bits per heavy atom. The first-order valence-corrected chi connectivity index (χ1v) is 8.68. The zero-order valence-corrected chi connectivity index (χ0v) is 13.5. The summed E-state index contributed by atoms with van der Waals surface area (Å²) in [6.07, 6.45) is 4.94. The maximum Gasteiger partial charge on any atom is 0.193 e. The summed E-state index contributed by atoms with van der Waals surface area (Å²) in [6.45, 7) is 2.11. The van der Waals surface area contributed by atoms with Crippen LogP contribution in [0.15, 0.2) is 46.9 Å². The lowest BCUT2D eigenvalue weighted by Crippen LogP contribution is -2.38. The Morgan fingerprint density at radius 2 is 2.38 bits per heavy atom. The van der Waals surface area contributed by atoms with Crippen LogP contribution in [-0.4, -0.2) is 21.2 Å². The Balaban J connectivity index is 1.61. The fourth-order valence-corrected chi connectivity index (χ4v) is 3.97. The number of hydrazine groups is 1. The van der Waals surface area contributed by atoms with Crippen molar-refractivity contribution in [1.82, 2.24) is 14.8 Å². The fraction of sp³-hybridized carbons (Fsp3) is 0.267. The Labute approximate surface area is 132 Å². The smallest absolute Gasteiger partial charge is 0.193 e. The van der Waals surface area contributed by atoms with Crippen LogP contribution in [0.5, 0.6) is 0 Å². The first kappa shape index (κ1) is 14.6. The molecule has 2 aromatic heterocycles. The second-order valence-corrected chi connectivity index (χ2v) is 6.99. The number of thioether (sulfide) groups is 1. The summed E-state index contributed by atoms with van der Waals surface area (Å²) in [6, 6.07) is 8.75. The van der Waals surface area contributed by atoms with Crippen molar-refractivity contribution >= 4 is 28.1 Å². The van der Waals surface area contributed by atoms with Gasteiger partial charge in [-0.3, -0.25) is 15.7 Å². The minimum absolute atomic E-state index is 0.208. The van der Waals surface area contributed by atoms with Gasteiger partial charge in [0.25, 0.3) is 0 Å². The Bertz CT molecular complexity index is 691. The minimum Gasteiger partial charge on any atom is -0.297 e. The van der Waals surface area contributed by atoms with E-state index in [1.807, 2.05) is 23.3 Å². The third kappa shape index (κ3) is 3.65. The number of aryl methyl sites for hydroxylation is 1. The number of aromatic nitrogens is 2. The number of hydrogen-bond donors (Lipinski definition) is 2. The monoisotopic (exact) mass is 318 g/mol. The fourth-order valence-electron chi connectivity index (χ4n) is 2.19. The van der Waals surface area contributed by atoms with E-state index in [9.17, 15) is 0 Å². The van der Waals surface area contributed by atoms with E-state index in [0.717, 1.165) is 22.8 Å². The molecule has 6 heteroatoms. The number of nitrogens with zero attached hydrogens (tertiary/aromatic N) is 2. The van der Waals surface area contributed by atoms with Gasteiger partial charge in [-0.1, -0.05) is 17.7 Å². The standard InChI is InChI=1S/C15H18N4S2/c1-11-3-2-4-14(7-11)21-10-13(18-16)8-12-9-19-5-6-20-15(19)17-12/h2-7,9,13,18H,8,10,16H2,1H3. The van der Waals surface area contributed by atoms with Gasteiger partial charge in [-0.25, -0.2) is 4.98 Å². The van der Waals surface area contributed by atoms with Crippen molar-refractivity contribution in [3.05, 3.63) is 53.3 Å². The predicted octanol–water partition coefficient (Wildman–Crippen LogP) is 2.87. The molecule has 0 spiro atoms. The molecule has 0 radical (unpaired) electrons. The lowest BCUT2D eigenvalue weighted by molar-refractivity contribution is 0.570. The molecule has 1 atom stereocenters. The van der Waals surface area contributed by atoms with Gasteiger partial charge >= 0.3 is 0 Å². The number of imidazole rings is 1. The molecular formula is C15H18N4S2. The lowest BCUT2D eigenvalue weighted by atomic mass is 10.2. The molecule has 0 aliphatic heterocycles. The predicted molar refractivity (Wildman–Crippen MR) is 89.8 cm³/mol. The molecule has 110 valence electrons. The third-order valence-electron chi connectivity index (χ3n) is 3.28. The van der Waals surface area contributed by atoms with Gasteiger partial charge in [-0.15, -0.1) is 23.1 Å². The van der Waals surface area contributed by atoms with E-state index >= 15 is 0 Å². The Kier molecular flexibility index (Phi) is 4.60. The molecule has 3 rings (SSSR count). The van der Waals surface area contributed by atoms with E-state index in [2.05, 4.69) is 52.2 Å². The van der Waals surface area contributed by atoms with Gasteiger partial charge in [0.15, 0.2) is 4.96 Å². The summed E-state index contributed by atoms with van der Waals surface area (Å²) in [5.74, 6) is 6.61. The number of hydrogen-bond acceptors (Lipinski definition) is 5. The van der Waals surface area contributed by atoms with E-state index in [4.69, 9.17) is 5.84 Å². The van der Waals surface area contributed by atoms with Crippen molar-refractivity contribution in [2.45, 2.75) is 24.3 Å². The van der Waals surface area contributed by atoms with E-state index in [1.54, 1.807) is 11.3 Å². The van der Waals surface area contributed by atoms with Crippen LogP contribution < -0.4 is 11.3 Å². The van der Waals surface area contributed by atoms with Gasteiger partial charge in [0, 0.05) is 40.9 Å². The normalized spacial score (nSPS) is 12.9. The van der Waals surface area contributed by atoms with E-state index < -0.39 is 0 Å². The number of benzene rings is 1. The van der Waals surface area contributed by atoms with Gasteiger partial charge in [0.1, 0.15) is 0 Å². The zero-order chi connectivity index (χ0) is 14.7. The Hall–Kier alpha value is -1.34. The average Bonchev–Trinajstić information content (AvgIpc) is 3.04. The molecule has 0 bridgehead atoms. The lowest BCUT2D eigenvalue weighted by Gasteiger charge is -2.14. The van der Waals surface area contributed by atoms with Crippen LogP contribution in [-0.2, 0) is 6.42 Å². The molecule has 4 nitrogen and oxygen atoms in total. The number of nitrogens with two attached hydrogens (primary N) is 1. The van der Waals surface area contributed by atoms with Crippen molar-refractivity contribution in [3.8, 4) is 0 Å². The van der Waals surface area contributed by atoms with Gasteiger partial charge in [-0.05, 0) is 19.1 Å². The van der Waals surface area contributed by atoms with Crippen molar-refractivity contribution in [3.63, 3.8) is 0 Å². The molecule has 21 heavy (non-hydrogen) atoms. The van der Waals surface area contributed by atoms with Crippen LogP contribution >= 0.6 is 23.1 Å². The SMILES string of the molecule is Cc1cccc(SCC(Cc2cn3ccsc3n2)NN)c1. The molecule has 0 aliphatic rings. The number of rotatable bonds is 6. The van der Waals surface area contributed by atoms with Crippen LogP contribution in [0.3, 0.4) is 0 Å². The summed E-state index contributed by atoms with van der Waals surface area (Å²) in [4.78, 5) is 6.92. The second kappa shape index (κ2) is 6.62. The van der Waals surface area contributed by atoms with Crippen molar-refractivity contribution < 1.29 is 0 Å². The van der Waals surface area contributed by atoms with Crippen molar-refractivity contribution in [2.75, 3.05) is 5.75 Å². The highest BCUT2D eigenvalue weighted by molar-refractivity contribution is 7.99. The number of thiazole rings is 1. The zero-order valence-electron chi connectivity index (χ0n) is 11.8. The van der Waals surface area contributed by atoms with Crippen LogP contribution in [0, 0.1) is 6.92 Å². The molecule has 1 aromatic carbocycles. The number of fused-ring (bicyclic) bond motifs is 1. The summed E-state index contributed by atoms with van der Waals surface area (Å²) in [7, 11) is 0. The van der Waals surface area contributed by atoms with E-state index in [0.29, 0.717) is 0 Å². The van der Waals surface area contributed by atoms with Crippen LogP contribution in [0.25, 0.3) is 4.96 Å². The molecular weight excluding hydrogens is 300 g/mol. The van der Waals surface area contributed by atoms with Gasteiger partial charge in [0.05, 0.1) is 5.69 Å². The molecule has 0 fully saturated rings. The van der Waals surface area contributed by atoms with Crippen LogP contribution in [0.4, 0.5) is 0 Å². The molecule has 1 unspecified atom stereocenters. The Morgan fingerprint density at radius 3 is 3.14 bits per heavy atom.